The van der Waals surface area contributed by atoms with E-state index in [9.17, 15) is 4.79 Å². The fourth-order valence-corrected chi connectivity index (χ4v) is 1.86. The highest BCUT2D eigenvalue weighted by Gasteiger charge is 2.18. The Morgan fingerprint density at radius 2 is 2.40 bits per heavy atom. The zero-order valence-corrected chi connectivity index (χ0v) is 9.67. The molecule has 0 N–H and O–H groups in total. The number of carbonyl (C=O) groups excluding carboxylic acids is 1. The first-order chi connectivity index (χ1) is 7.20. The molecule has 0 saturated carbocycles. The Morgan fingerprint density at radius 1 is 1.67 bits per heavy atom. The van der Waals surface area contributed by atoms with E-state index in [-0.39, 0.29) is 5.91 Å². The second-order valence-electron chi connectivity index (χ2n) is 3.16. The number of carbonyl (C=O) groups is 1. The minimum Gasteiger partial charge on any atom is -0.330 e. The molecule has 1 aromatic heterocycles. The van der Waals surface area contributed by atoms with E-state index in [1.807, 2.05) is 6.92 Å². The van der Waals surface area contributed by atoms with E-state index in [2.05, 4.69) is 15.5 Å². The molecule has 5 heteroatoms. The summed E-state index contributed by atoms with van der Waals surface area (Å²) in [7, 11) is 1.68. The van der Waals surface area contributed by atoms with Crippen molar-refractivity contribution in [2.24, 2.45) is 0 Å². The van der Waals surface area contributed by atoms with Crippen LogP contribution >= 0.6 is 11.5 Å². The lowest BCUT2D eigenvalue weighted by Gasteiger charge is -2.12. The summed E-state index contributed by atoms with van der Waals surface area (Å²) >= 11 is 1.13. The van der Waals surface area contributed by atoms with E-state index in [1.54, 1.807) is 7.05 Å². The van der Waals surface area contributed by atoms with Gasteiger partial charge in [-0.05, 0) is 18.0 Å². The molecule has 1 heterocycles. The zero-order valence-electron chi connectivity index (χ0n) is 8.86. The topological polar surface area (TPSA) is 46.1 Å². The molecule has 0 aliphatic heterocycles. The first kappa shape index (κ1) is 11.7. The summed E-state index contributed by atoms with van der Waals surface area (Å²) in [6.07, 6.45) is 6.87. The van der Waals surface area contributed by atoms with Crippen molar-refractivity contribution in [3.63, 3.8) is 0 Å². The first-order valence-corrected chi connectivity index (χ1v) is 5.48. The zero-order chi connectivity index (χ0) is 11.3. The molecule has 0 spiro atoms. The SMILES string of the molecule is C#CCN(C)C(=O)c1snnc1CCC. The third-order valence-electron chi connectivity index (χ3n) is 1.91. The largest absolute Gasteiger partial charge is 0.330 e. The Balaban J connectivity index is 2.82. The van der Waals surface area contributed by atoms with Crippen LogP contribution in [0.4, 0.5) is 0 Å². The van der Waals surface area contributed by atoms with Crippen LogP contribution in [0.5, 0.6) is 0 Å². The summed E-state index contributed by atoms with van der Waals surface area (Å²) in [4.78, 5) is 14.0. The monoisotopic (exact) mass is 223 g/mol. The highest BCUT2D eigenvalue weighted by molar-refractivity contribution is 7.07. The number of hydrogen-bond donors (Lipinski definition) is 0. The molecule has 80 valence electrons. The van der Waals surface area contributed by atoms with Gasteiger partial charge in [-0.2, -0.15) is 0 Å². The van der Waals surface area contributed by atoms with E-state index >= 15 is 0 Å². The van der Waals surface area contributed by atoms with Crippen LogP contribution < -0.4 is 0 Å². The van der Waals surface area contributed by atoms with Gasteiger partial charge in [0.1, 0.15) is 4.88 Å². The summed E-state index contributed by atoms with van der Waals surface area (Å²) in [6.45, 7) is 2.35. The Labute approximate surface area is 93.5 Å². The molecule has 0 aliphatic rings. The number of nitrogens with zero attached hydrogens (tertiary/aromatic N) is 3. The quantitative estimate of drug-likeness (QED) is 0.720. The predicted molar refractivity (Wildman–Crippen MR) is 59.7 cm³/mol. The molecule has 1 rings (SSSR count). The van der Waals surface area contributed by atoms with Crippen molar-refractivity contribution in [2.45, 2.75) is 19.8 Å². The fraction of sp³-hybridized carbons (Fsp3) is 0.500. The van der Waals surface area contributed by atoms with Crippen molar-refractivity contribution in [1.82, 2.24) is 14.5 Å². The Kier molecular flexibility index (Phi) is 4.25. The van der Waals surface area contributed by atoms with Gasteiger partial charge in [-0.1, -0.05) is 23.8 Å². The van der Waals surface area contributed by atoms with Crippen molar-refractivity contribution < 1.29 is 4.79 Å². The summed E-state index contributed by atoms with van der Waals surface area (Å²) < 4.78 is 3.80. The molecule has 0 atom stereocenters. The molecule has 0 fully saturated rings. The van der Waals surface area contributed by atoms with Gasteiger partial charge in [0, 0.05) is 7.05 Å². The number of aryl methyl sites for hydroxylation is 1. The van der Waals surface area contributed by atoms with Gasteiger partial charge < -0.3 is 4.90 Å². The first-order valence-electron chi connectivity index (χ1n) is 4.70. The van der Waals surface area contributed by atoms with Crippen molar-refractivity contribution in [3.05, 3.63) is 10.6 Å². The highest BCUT2D eigenvalue weighted by Crippen LogP contribution is 2.14. The average Bonchev–Trinajstić information content (AvgIpc) is 2.66. The second-order valence-corrected chi connectivity index (χ2v) is 3.92. The summed E-state index contributed by atoms with van der Waals surface area (Å²) in [5, 5.41) is 3.94. The second kappa shape index (κ2) is 5.47. The number of amides is 1. The maximum Gasteiger partial charge on any atom is 0.268 e. The third-order valence-corrected chi connectivity index (χ3v) is 2.67. The number of terminal acetylenes is 1. The molecule has 4 nitrogen and oxygen atoms in total. The van der Waals surface area contributed by atoms with Crippen LogP contribution in [-0.4, -0.2) is 34.0 Å². The van der Waals surface area contributed by atoms with Gasteiger partial charge in [0.2, 0.25) is 0 Å². The number of rotatable bonds is 4. The lowest BCUT2D eigenvalue weighted by atomic mass is 10.2. The van der Waals surface area contributed by atoms with Gasteiger partial charge in [-0.3, -0.25) is 4.79 Å². The van der Waals surface area contributed by atoms with Gasteiger partial charge in [0.15, 0.2) is 0 Å². The van der Waals surface area contributed by atoms with E-state index in [1.165, 1.54) is 4.90 Å². The fourth-order valence-electron chi connectivity index (χ4n) is 1.15. The summed E-state index contributed by atoms with van der Waals surface area (Å²) in [5.41, 5.74) is 0.774. The Morgan fingerprint density at radius 3 is 3.00 bits per heavy atom. The van der Waals surface area contributed by atoms with Crippen LogP contribution in [0.15, 0.2) is 0 Å². The Bertz CT molecular complexity index is 380. The highest BCUT2D eigenvalue weighted by atomic mass is 32.1. The van der Waals surface area contributed by atoms with Crippen LogP contribution in [0.3, 0.4) is 0 Å². The van der Waals surface area contributed by atoms with Crippen LogP contribution in [0.2, 0.25) is 0 Å². The van der Waals surface area contributed by atoms with E-state index in [4.69, 9.17) is 6.42 Å². The minimum atomic E-state index is -0.0913. The maximum atomic E-state index is 11.9. The van der Waals surface area contributed by atoms with Gasteiger partial charge in [-0.15, -0.1) is 11.5 Å². The van der Waals surface area contributed by atoms with Crippen LogP contribution in [0.1, 0.15) is 28.7 Å². The van der Waals surface area contributed by atoms with E-state index in [0.29, 0.717) is 11.4 Å². The maximum absolute atomic E-state index is 11.9. The van der Waals surface area contributed by atoms with E-state index < -0.39 is 0 Å². The molecule has 15 heavy (non-hydrogen) atoms. The summed E-state index contributed by atoms with van der Waals surface area (Å²) in [5.74, 6) is 2.34. The molecular formula is C10H13N3OS. The molecule has 1 aromatic rings. The third kappa shape index (κ3) is 2.77. The van der Waals surface area contributed by atoms with Gasteiger partial charge in [-0.25, -0.2) is 0 Å². The molecule has 0 saturated heterocycles. The minimum absolute atomic E-state index is 0.0913. The van der Waals surface area contributed by atoms with Crippen LogP contribution in [0, 0.1) is 12.3 Å². The molecule has 0 unspecified atom stereocenters. The predicted octanol–water partition coefficient (Wildman–Crippen LogP) is 1.20. The van der Waals surface area contributed by atoms with Gasteiger partial charge in [0.05, 0.1) is 12.2 Å². The Hall–Kier alpha value is -1.41. The average molecular weight is 223 g/mol. The normalized spacial score (nSPS) is 9.67. The smallest absolute Gasteiger partial charge is 0.268 e. The van der Waals surface area contributed by atoms with Crippen molar-refractivity contribution in [2.75, 3.05) is 13.6 Å². The molecular weight excluding hydrogens is 210 g/mol. The molecule has 1 amide bonds. The number of hydrogen-bond acceptors (Lipinski definition) is 4. The van der Waals surface area contributed by atoms with E-state index in [0.717, 1.165) is 30.1 Å². The van der Waals surface area contributed by atoms with Crippen molar-refractivity contribution in [1.29, 1.82) is 0 Å². The summed E-state index contributed by atoms with van der Waals surface area (Å²) in [6, 6.07) is 0. The molecule has 0 radical (unpaired) electrons. The molecule has 0 aliphatic carbocycles. The van der Waals surface area contributed by atoms with Gasteiger partial charge >= 0.3 is 0 Å². The lowest BCUT2D eigenvalue weighted by molar-refractivity contribution is 0.0816. The molecule has 0 aromatic carbocycles. The van der Waals surface area contributed by atoms with Crippen molar-refractivity contribution in [3.8, 4) is 12.3 Å². The molecule has 0 bridgehead atoms. The van der Waals surface area contributed by atoms with Gasteiger partial charge in [0.25, 0.3) is 5.91 Å². The lowest BCUT2D eigenvalue weighted by Crippen LogP contribution is -2.27. The van der Waals surface area contributed by atoms with Crippen LogP contribution in [-0.2, 0) is 6.42 Å². The number of aromatic nitrogens is 2. The van der Waals surface area contributed by atoms with Crippen molar-refractivity contribution >= 4 is 17.4 Å². The standard InChI is InChI=1S/C10H13N3OS/c1-4-6-8-9(15-12-11-8)10(14)13(3)7-5-2/h2H,4,6-7H2,1,3H3. The van der Waals surface area contributed by atoms with Crippen LogP contribution in [0.25, 0.3) is 0 Å².